The Kier molecular flexibility index (Phi) is 4.27. The van der Waals surface area contributed by atoms with E-state index in [1.165, 1.54) is 30.5 Å². The van der Waals surface area contributed by atoms with E-state index in [9.17, 15) is 13.2 Å². The van der Waals surface area contributed by atoms with Crippen molar-refractivity contribution in [3.05, 3.63) is 48.2 Å². The van der Waals surface area contributed by atoms with Gasteiger partial charge in [-0.2, -0.15) is 0 Å². The number of pyridine rings is 1. The standard InChI is InChI=1S/C13H9F3N2O2S/c14-13(15,16)20-10-4-2-1-3-9(10)19-11-6-5-8(7-18-11)12(17)21/h1-7H,(H2,17,21). The Balaban J connectivity index is 2.21. The van der Waals surface area contributed by atoms with E-state index in [0.29, 0.717) is 5.56 Å². The van der Waals surface area contributed by atoms with Crippen molar-refractivity contribution >= 4 is 17.2 Å². The first-order chi connectivity index (χ1) is 9.85. The van der Waals surface area contributed by atoms with Crippen molar-refractivity contribution in [2.45, 2.75) is 6.36 Å². The second kappa shape index (κ2) is 5.96. The number of thiocarbonyl (C=S) groups is 1. The molecule has 0 amide bonds. The SMILES string of the molecule is NC(=S)c1ccc(Oc2ccccc2OC(F)(F)F)nc1. The zero-order valence-electron chi connectivity index (χ0n) is 10.4. The van der Waals surface area contributed by atoms with Crippen LogP contribution in [0.3, 0.4) is 0 Å². The number of nitrogens with zero attached hydrogens (tertiary/aromatic N) is 1. The zero-order chi connectivity index (χ0) is 15.5. The first kappa shape index (κ1) is 15.0. The molecule has 0 unspecified atom stereocenters. The lowest BCUT2D eigenvalue weighted by Crippen LogP contribution is -2.17. The van der Waals surface area contributed by atoms with Gasteiger partial charge in [0.05, 0.1) is 0 Å². The summed E-state index contributed by atoms with van der Waals surface area (Å²) in [5, 5.41) is 0. The Labute approximate surface area is 123 Å². The highest BCUT2D eigenvalue weighted by molar-refractivity contribution is 7.80. The molecular weight excluding hydrogens is 305 g/mol. The molecule has 0 saturated heterocycles. The molecule has 2 aromatic rings. The van der Waals surface area contributed by atoms with Crippen LogP contribution in [0.25, 0.3) is 0 Å². The smallest absolute Gasteiger partial charge is 0.435 e. The number of nitrogens with two attached hydrogens (primary N) is 1. The molecule has 0 bridgehead atoms. The van der Waals surface area contributed by atoms with Crippen molar-refractivity contribution in [1.29, 1.82) is 0 Å². The van der Waals surface area contributed by atoms with E-state index < -0.39 is 12.1 Å². The normalized spacial score (nSPS) is 11.0. The van der Waals surface area contributed by atoms with Gasteiger partial charge in [0, 0.05) is 17.8 Å². The first-order valence-corrected chi connectivity index (χ1v) is 6.04. The van der Waals surface area contributed by atoms with Crippen molar-refractivity contribution in [2.75, 3.05) is 0 Å². The summed E-state index contributed by atoms with van der Waals surface area (Å²) in [6, 6.07) is 8.40. The predicted octanol–water partition coefficient (Wildman–Crippen LogP) is 3.41. The van der Waals surface area contributed by atoms with E-state index in [0.717, 1.165) is 6.07 Å². The molecule has 0 spiro atoms. The molecule has 4 nitrogen and oxygen atoms in total. The fourth-order valence-corrected chi connectivity index (χ4v) is 1.56. The Morgan fingerprint density at radius 3 is 2.29 bits per heavy atom. The summed E-state index contributed by atoms with van der Waals surface area (Å²) in [7, 11) is 0. The highest BCUT2D eigenvalue weighted by Crippen LogP contribution is 2.34. The monoisotopic (exact) mass is 314 g/mol. The number of ether oxygens (including phenoxy) is 2. The summed E-state index contributed by atoms with van der Waals surface area (Å²) >= 11 is 4.77. The predicted molar refractivity (Wildman–Crippen MR) is 73.3 cm³/mol. The molecule has 110 valence electrons. The van der Waals surface area contributed by atoms with Gasteiger partial charge in [0.1, 0.15) is 4.99 Å². The summed E-state index contributed by atoms with van der Waals surface area (Å²) in [6.07, 6.45) is -3.44. The maximum atomic E-state index is 12.3. The second-order valence-electron chi connectivity index (χ2n) is 3.85. The van der Waals surface area contributed by atoms with Crippen LogP contribution >= 0.6 is 12.2 Å². The highest BCUT2D eigenvalue weighted by atomic mass is 32.1. The Morgan fingerprint density at radius 1 is 1.10 bits per heavy atom. The van der Waals surface area contributed by atoms with Crippen LogP contribution < -0.4 is 15.2 Å². The minimum Gasteiger partial charge on any atom is -0.435 e. The molecule has 0 saturated carbocycles. The third-order valence-electron chi connectivity index (χ3n) is 2.31. The van der Waals surface area contributed by atoms with Crippen molar-refractivity contribution in [2.24, 2.45) is 5.73 Å². The number of benzene rings is 1. The average molecular weight is 314 g/mol. The quantitative estimate of drug-likeness (QED) is 0.877. The Morgan fingerprint density at radius 2 is 1.76 bits per heavy atom. The lowest BCUT2D eigenvalue weighted by Gasteiger charge is -2.13. The van der Waals surface area contributed by atoms with E-state index in [1.807, 2.05) is 0 Å². The molecule has 1 aromatic carbocycles. The van der Waals surface area contributed by atoms with Gasteiger partial charge in [-0.05, 0) is 18.2 Å². The molecule has 0 aliphatic heterocycles. The van der Waals surface area contributed by atoms with Gasteiger partial charge in [-0.15, -0.1) is 13.2 Å². The maximum Gasteiger partial charge on any atom is 0.573 e. The van der Waals surface area contributed by atoms with Gasteiger partial charge in [0.15, 0.2) is 11.5 Å². The number of alkyl halides is 3. The summed E-state index contributed by atoms with van der Waals surface area (Å²) < 4.78 is 46.0. The van der Waals surface area contributed by atoms with Gasteiger partial charge in [-0.25, -0.2) is 4.98 Å². The minimum absolute atomic E-state index is 0.0909. The number of rotatable bonds is 4. The topological polar surface area (TPSA) is 57.4 Å². The molecule has 1 heterocycles. The van der Waals surface area contributed by atoms with Crippen LogP contribution in [-0.4, -0.2) is 16.3 Å². The Bertz CT molecular complexity index is 645. The molecule has 2 N–H and O–H groups in total. The molecule has 0 fully saturated rings. The molecule has 21 heavy (non-hydrogen) atoms. The molecule has 0 atom stereocenters. The first-order valence-electron chi connectivity index (χ1n) is 5.63. The van der Waals surface area contributed by atoms with Crippen molar-refractivity contribution in [3.8, 4) is 17.4 Å². The van der Waals surface area contributed by atoms with Crippen LogP contribution in [0.2, 0.25) is 0 Å². The zero-order valence-corrected chi connectivity index (χ0v) is 11.2. The lowest BCUT2D eigenvalue weighted by molar-refractivity contribution is -0.275. The molecule has 0 radical (unpaired) electrons. The van der Waals surface area contributed by atoms with Crippen molar-refractivity contribution in [1.82, 2.24) is 4.98 Å². The van der Waals surface area contributed by atoms with Gasteiger partial charge in [0.2, 0.25) is 5.88 Å². The van der Waals surface area contributed by atoms with Crippen LogP contribution in [0.15, 0.2) is 42.6 Å². The number of hydrogen-bond acceptors (Lipinski definition) is 4. The lowest BCUT2D eigenvalue weighted by atomic mass is 10.3. The summed E-state index contributed by atoms with van der Waals surface area (Å²) in [4.78, 5) is 4.07. The minimum atomic E-state index is -4.80. The Hall–Kier alpha value is -2.35. The third kappa shape index (κ3) is 4.32. The van der Waals surface area contributed by atoms with Gasteiger partial charge < -0.3 is 15.2 Å². The summed E-state index contributed by atoms with van der Waals surface area (Å²) in [5.74, 6) is -0.469. The molecule has 2 rings (SSSR count). The van der Waals surface area contributed by atoms with Gasteiger partial charge in [-0.3, -0.25) is 0 Å². The van der Waals surface area contributed by atoms with E-state index in [1.54, 1.807) is 6.07 Å². The van der Waals surface area contributed by atoms with Crippen LogP contribution in [0, 0.1) is 0 Å². The van der Waals surface area contributed by atoms with E-state index in [4.69, 9.17) is 22.7 Å². The second-order valence-corrected chi connectivity index (χ2v) is 4.29. The van der Waals surface area contributed by atoms with Gasteiger partial charge in [-0.1, -0.05) is 24.4 Å². The van der Waals surface area contributed by atoms with Crippen LogP contribution in [0.5, 0.6) is 17.4 Å². The molecule has 8 heteroatoms. The van der Waals surface area contributed by atoms with Crippen molar-refractivity contribution < 1.29 is 22.6 Å². The number of aromatic nitrogens is 1. The maximum absolute atomic E-state index is 12.3. The molecule has 0 aliphatic rings. The summed E-state index contributed by atoms with van der Waals surface area (Å²) in [5.41, 5.74) is 5.94. The average Bonchev–Trinajstić information content (AvgIpc) is 2.40. The fourth-order valence-electron chi connectivity index (χ4n) is 1.44. The summed E-state index contributed by atoms with van der Waals surface area (Å²) in [6.45, 7) is 0. The van der Waals surface area contributed by atoms with Crippen LogP contribution in [0.1, 0.15) is 5.56 Å². The molecule has 0 aliphatic carbocycles. The molecule has 1 aromatic heterocycles. The van der Waals surface area contributed by atoms with Crippen molar-refractivity contribution in [3.63, 3.8) is 0 Å². The van der Waals surface area contributed by atoms with Crippen LogP contribution in [0.4, 0.5) is 13.2 Å². The number of hydrogen-bond donors (Lipinski definition) is 1. The highest BCUT2D eigenvalue weighted by Gasteiger charge is 2.32. The van der Waals surface area contributed by atoms with Crippen LogP contribution in [-0.2, 0) is 0 Å². The third-order valence-corrected chi connectivity index (χ3v) is 2.55. The fraction of sp³-hybridized carbons (Fsp3) is 0.0769. The number of halogens is 3. The van der Waals surface area contributed by atoms with Gasteiger partial charge >= 0.3 is 6.36 Å². The van der Waals surface area contributed by atoms with E-state index in [2.05, 4.69) is 9.72 Å². The van der Waals surface area contributed by atoms with E-state index in [-0.39, 0.29) is 16.6 Å². The largest absolute Gasteiger partial charge is 0.573 e. The van der Waals surface area contributed by atoms with Gasteiger partial charge in [0.25, 0.3) is 0 Å². The number of para-hydroxylation sites is 2. The molecular formula is C13H9F3N2O2S. The van der Waals surface area contributed by atoms with E-state index >= 15 is 0 Å².